The molecule has 1 aliphatic rings. The van der Waals surface area contributed by atoms with Crippen LogP contribution in [0.3, 0.4) is 0 Å². The number of aliphatic hydroxyl groups is 1. The summed E-state index contributed by atoms with van der Waals surface area (Å²) in [6.07, 6.45) is 6.45. The van der Waals surface area contributed by atoms with E-state index in [4.69, 9.17) is 10.2 Å². The number of rotatable bonds is 2. The van der Waals surface area contributed by atoms with Gasteiger partial charge in [0.2, 0.25) is 5.89 Å². The highest BCUT2D eigenvalue weighted by molar-refractivity contribution is 5.66. The summed E-state index contributed by atoms with van der Waals surface area (Å²) in [7, 11) is 0. The van der Waals surface area contributed by atoms with Crippen LogP contribution in [0, 0.1) is 6.92 Å². The van der Waals surface area contributed by atoms with Crippen molar-refractivity contribution >= 4 is 11.5 Å². The molecule has 126 valence electrons. The van der Waals surface area contributed by atoms with Crippen LogP contribution in [-0.2, 0) is 0 Å². The molecule has 2 atom stereocenters. The first kappa shape index (κ1) is 15.1. The maximum atomic E-state index is 10.3. The second kappa shape index (κ2) is 5.27. The van der Waals surface area contributed by atoms with Gasteiger partial charge in [0.15, 0.2) is 17.3 Å². The van der Waals surface area contributed by atoms with Crippen LogP contribution in [0.1, 0.15) is 50.0 Å². The van der Waals surface area contributed by atoms with Crippen molar-refractivity contribution in [2.45, 2.75) is 51.0 Å². The van der Waals surface area contributed by atoms with E-state index in [1.54, 1.807) is 10.7 Å². The van der Waals surface area contributed by atoms with E-state index >= 15 is 0 Å². The number of hydrogen-bond donors (Lipinski definition) is 2. The third-order valence-corrected chi connectivity index (χ3v) is 4.70. The normalized spacial score (nSPS) is 24.5. The quantitative estimate of drug-likeness (QED) is 0.740. The molecule has 3 N–H and O–H groups in total. The Kier molecular flexibility index (Phi) is 3.31. The van der Waals surface area contributed by atoms with E-state index < -0.39 is 5.60 Å². The fourth-order valence-corrected chi connectivity index (χ4v) is 3.48. The highest BCUT2D eigenvalue weighted by Crippen LogP contribution is 2.37. The van der Waals surface area contributed by atoms with Crippen LogP contribution in [0.4, 0.5) is 5.82 Å². The predicted molar refractivity (Wildman–Crippen MR) is 87.3 cm³/mol. The molecule has 0 amide bonds. The summed E-state index contributed by atoms with van der Waals surface area (Å²) < 4.78 is 7.03. The minimum Gasteiger partial charge on any atom is -0.443 e. The molecule has 0 unspecified atom stereocenters. The number of nitrogens with two attached hydrogens (primary N) is 1. The molecule has 8 nitrogen and oxygen atoms in total. The summed E-state index contributed by atoms with van der Waals surface area (Å²) in [5.74, 6) is 1.52. The number of aromatic nitrogens is 5. The molecule has 0 aliphatic heterocycles. The van der Waals surface area contributed by atoms with Crippen molar-refractivity contribution in [1.82, 2.24) is 24.6 Å². The van der Waals surface area contributed by atoms with Crippen LogP contribution in [0.15, 0.2) is 16.9 Å². The van der Waals surface area contributed by atoms with E-state index in [0.29, 0.717) is 29.5 Å². The monoisotopic (exact) mass is 328 g/mol. The first-order valence-electron chi connectivity index (χ1n) is 8.09. The van der Waals surface area contributed by atoms with Crippen LogP contribution in [0.2, 0.25) is 0 Å². The molecule has 8 heteroatoms. The van der Waals surface area contributed by atoms with Gasteiger partial charge in [-0.25, -0.2) is 19.5 Å². The Morgan fingerprint density at radius 1 is 1.42 bits per heavy atom. The Morgan fingerprint density at radius 2 is 2.25 bits per heavy atom. The van der Waals surface area contributed by atoms with Crippen LogP contribution in [-0.4, -0.2) is 35.3 Å². The van der Waals surface area contributed by atoms with Crippen LogP contribution < -0.4 is 5.73 Å². The summed E-state index contributed by atoms with van der Waals surface area (Å²) in [4.78, 5) is 13.1. The Hall–Kier alpha value is -2.48. The zero-order chi connectivity index (χ0) is 16.9. The molecule has 3 aromatic rings. The molecule has 1 fully saturated rings. The summed E-state index contributed by atoms with van der Waals surface area (Å²) in [6.45, 7) is 3.76. The lowest BCUT2D eigenvalue weighted by molar-refractivity contribution is 0.0134. The highest BCUT2D eigenvalue weighted by Gasteiger charge is 2.33. The van der Waals surface area contributed by atoms with Gasteiger partial charge < -0.3 is 15.3 Å². The van der Waals surface area contributed by atoms with E-state index in [1.165, 1.54) is 6.26 Å². The largest absolute Gasteiger partial charge is 0.443 e. The average molecular weight is 328 g/mol. The number of nitrogen functional groups attached to an aromatic ring is 1. The molecular weight excluding hydrogens is 308 g/mol. The zero-order valence-electron chi connectivity index (χ0n) is 13.7. The van der Waals surface area contributed by atoms with Crippen molar-refractivity contribution in [2.24, 2.45) is 0 Å². The van der Waals surface area contributed by atoms with Crippen molar-refractivity contribution in [3.8, 4) is 11.6 Å². The van der Waals surface area contributed by atoms with Crippen LogP contribution in [0.25, 0.3) is 17.2 Å². The first-order valence-corrected chi connectivity index (χ1v) is 8.09. The maximum Gasteiger partial charge on any atom is 0.246 e. The van der Waals surface area contributed by atoms with E-state index in [1.807, 2.05) is 13.8 Å². The molecule has 1 aliphatic carbocycles. The minimum atomic E-state index is -0.664. The average Bonchev–Trinajstić information content (AvgIpc) is 3.19. The van der Waals surface area contributed by atoms with Gasteiger partial charge in [0.05, 0.1) is 17.5 Å². The third-order valence-electron chi connectivity index (χ3n) is 4.70. The lowest BCUT2D eigenvalue weighted by atomic mass is 9.79. The van der Waals surface area contributed by atoms with Crippen molar-refractivity contribution in [3.05, 3.63) is 24.0 Å². The van der Waals surface area contributed by atoms with Crippen molar-refractivity contribution in [3.63, 3.8) is 0 Å². The molecule has 1 saturated carbocycles. The molecule has 0 spiro atoms. The van der Waals surface area contributed by atoms with E-state index in [-0.39, 0.29) is 11.7 Å². The fraction of sp³-hybridized carbons (Fsp3) is 0.500. The molecule has 4 rings (SSSR count). The summed E-state index contributed by atoms with van der Waals surface area (Å²) >= 11 is 0. The van der Waals surface area contributed by atoms with E-state index in [9.17, 15) is 5.11 Å². The smallest absolute Gasteiger partial charge is 0.246 e. The van der Waals surface area contributed by atoms with Crippen molar-refractivity contribution < 1.29 is 9.52 Å². The van der Waals surface area contributed by atoms with Crippen molar-refractivity contribution in [1.29, 1.82) is 0 Å². The molecule has 3 aromatic heterocycles. The lowest BCUT2D eigenvalue weighted by Gasteiger charge is -2.32. The SMILES string of the molecule is Cc1c(-c2ncco2)nc(N)c2nc([C@@H]3CCC[C@](C)(O)C3)nn12. The number of hydrogen-bond acceptors (Lipinski definition) is 7. The van der Waals surface area contributed by atoms with Gasteiger partial charge >= 0.3 is 0 Å². The molecule has 0 bridgehead atoms. The van der Waals surface area contributed by atoms with Gasteiger partial charge in [-0.2, -0.15) is 5.10 Å². The van der Waals surface area contributed by atoms with E-state index in [0.717, 1.165) is 25.0 Å². The molecule has 3 heterocycles. The second-order valence-corrected chi connectivity index (χ2v) is 6.76. The van der Waals surface area contributed by atoms with Crippen LogP contribution >= 0.6 is 0 Å². The Balaban J connectivity index is 1.81. The second-order valence-electron chi connectivity index (χ2n) is 6.76. The Morgan fingerprint density at radius 3 is 2.96 bits per heavy atom. The first-order chi connectivity index (χ1) is 11.4. The fourth-order valence-electron chi connectivity index (χ4n) is 3.48. The lowest BCUT2D eigenvalue weighted by Crippen LogP contribution is -2.31. The summed E-state index contributed by atoms with van der Waals surface area (Å²) in [6, 6.07) is 0. The number of anilines is 1. The number of fused-ring (bicyclic) bond motifs is 1. The molecule has 0 radical (unpaired) electrons. The van der Waals surface area contributed by atoms with Gasteiger partial charge in [-0.1, -0.05) is 0 Å². The van der Waals surface area contributed by atoms with Crippen molar-refractivity contribution in [2.75, 3.05) is 5.73 Å². The highest BCUT2D eigenvalue weighted by atomic mass is 16.3. The molecule has 0 aromatic carbocycles. The topological polar surface area (TPSA) is 115 Å². The van der Waals surface area contributed by atoms with Gasteiger partial charge in [-0.15, -0.1) is 0 Å². The predicted octanol–water partition coefficient (Wildman–Crippen LogP) is 2.08. The minimum absolute atomic E-state index is 0.123. The van der Waals surface area contributed by atoms with E-state index in [2.05, 4.69) is 20.1 Å². The number of aryl methyl sites for hydroxylation is 1. The molecule has 24 heavy (non-hydrogen) atoms. The third kappa shape index (κ3) is 2.43. The maximum absolute atomic E-state index is 10.3. The van der Waals surface area contributed by atoms with Gasteiger partial charge in [0.1, 0.15) is 12.0 Å². The van der Waals surface area contributed by atoms with Gasteiger partial charge in [0, 0.05) is 5.92 Å². The van der Waals surface area contributed by atoms with Crippen LogP contribution in [0.5, 0.6) is 0 Å². The molecular formula is C16H20N6O2. The summed E-state index contributed by atoms with van der Waals surface area (Å²) in [5, 5.41) is 15.0. The molecule has 0 saturated heterocycles. The number of nitrogens with zero attached hydrogens (tertiary/aromatic N) is 5. The van der Waals surface area contributed by atoms with Gasteiger partial charge in [-0.3, -0.25) is 0 Å². The zero-order valence-corrected chi connectivity index (χ0v) is 13.7. The Bertz CT molecular complexity index is 884. The Labute approximate surface area is 138 Å². The summed E-state index contributed by atoms with van der Waals surface area (Å²) in [5.41, 5.74) is 7.26. The number of oxazole rings is 1. The van der Waals surface area contributed by atoms with Gasteiger partial charge in [0.25, 0.3) is 0 Å². The van der Waals surface area contributed by atoms with Gasteiger partial charge in [-0.05, 0) is 39.5 Å². The standard InChI is InChI=1S/C16H20N6O2/c1-9-11(15-18-6-7-24-15)19-12(17)14-20-13(21-22(9)14)10-4-3-5-16(2,23)8-10/h6-7,10,23H,3-5,8H2,1-2H3,(H2,17,19)/t10-,16+/m1/s1.